The van der Waals surface area contributed by atoms with Crippen molar-refractivity contribution in [3.8, 4) is 5.75 Å². The number of carbonyl (C=O) groups excluding carboxylic acids is 2. The Kier molecular flexibility index (Phi) is 9.38. The minimum atomic E-state index is -0.513. The summed E-state index contributed by atoms with van der Waals surface area (Å²) in [6, 6.07) is 6.89. The summed E-state index contributed by atoms with van der Waals surface area (Å²) in [6.07, 6.45) is 0.422. The molecule has 0 bridgehead atoms. The molecule has 1 aromatic rings. The lowest BCUT2D eigenvalue weighted by molar-refractivity contribution is -0.132. The van der Waals surface area contributed by atoms with Crippen molar-refractivity contribution in [1.29, 1.82) is 0 Å². The van der Waals surface area contributed by atoms with Crippen LogP contribution in [0.4, 0.5) is 4.79 Å². The minimum Gasteiger partial charge on any atom is -0.484 e. The fraction of sp³-hybridized carbons (Fsp3) is 0.579. The van der Waals surface area contributed by atoms with Crippen LogP contribution in [0.25, 0.3) is 0 Å². The van der Waals surface area contributed by atoms with Crippen LogP contribution in [0.5, 0.6) is 5.75 Å². The first-order valence-corrected chi connectivity index (χ1v) is 9.18. The molecule has 27 heavy (non-hydrogen) atoms. The highest BCUT2D eigenvalue weighted by atomic mass is 35.5. The number of amides is 2. The minimum absolute atomic E-state index is 0.00610. The molecule has 2 N–H and O–H groups in total. The summed E-state index contributed by atoms with van der Waals surface area (Å²) in [7, 11) is 1.00. The van der Waals surface area contributed by atoms with Gasteiger partial charge < -0.3 is 24.8 Å². The number of alkyl carbamates (subject to hydrolysis) is 1. The molecule has 2 rings (SSSR count). The molecule has 0 aromatic heterocycles. The van der Waals surface area contributed by atoms with Gasteiger partial charge in [0.1, 0.15) is 11.4 Å². The summed E-state index contributed by atoms with van der Waals surface area (Å²) in [5, 5.41) is 10.4. The second kappa shape index (κ2) is 11.0. The molecule has 1 fully saturated rings. The highest BCUT2D eigenvalue weighted by Gasteiger charge is 2.27. The number of nitrogens with one attached hydrogen (secondary N) is 1. The normalized spacial score (nSPS) is 16.2. The van der Waals surface area contributed by atoms with Crippen LogP contribution in [0.2, 0.25) is 5.02 Å². The maximum absolute atomic E-state index is 12.2. The number of hydrogen-bond acceptors (Lipinski definition) is 5. The van der Waals surface area contributed by atoms with Crippen molar-refractivity contribution in [2.75, 3.05) is 33.4 Å². The Labute approximate surface area is 165 Å². The van der Waals surface area contributed by atoms with Crippen molar-refractivity contribution in [2.24, 2.45) is 5.92 Å². The lowest BCUT2D eigenvalue weighted by Gasteiger charge is -2.21. The van der Waals surface area contributed by atoms with Crippen LogP contribution in [0.1, 0.15) is 27.2 Å². The number of halogens is 1. The molecule has 1 unspecified atom stereocenters. The van der Waals surface area contributed by atoms with E-state index in [0.29, 0.717) is 30.4 Å². The van der Waals surface area contributed by atoms with Gasteiger partial charge in [0.2, 0.25) is 0 Å². The third-order valence-corrected chi connectivity index (χ3v) is 4.00. The number of nitrogens with zero attached hydrogens (tertiary/aromatic N) is 1. The molecule has 0 spiro atoms. The topological polar surface area (TPSA) is 88.1 Å². The predicted octanol–water partition coefficient (Wildman–Crippen LogP) is 2.70. The molecule has 2 amide bonds. The van der Waals surface area contributed by atoms with Crippen molar-refractivity contribution in [2.45, 2.75) is 32.8 Å². The fourth-order valence-electron chi connectivity index (χ4n) is 2.53. The molecule has 1 atom stereocenters. The Morgan fingerprint density at radius 2 is 1.89 bits per heavy atom. The van der Waals surface area contributed by atoms with Gasteiger partial charge in [0.15, 0.2) is 6.61 Å². The van der Waals surface area contributed by atoms with Gasteiger partial charge in [0.25, 0.3) is 5.91 Å². The van der Waals surface area contributed by atoms with Gasteiger partial charge in [-0.25, -0.2) is 4.79 Å². The van der Waals surface area contributed by atoms with Crippen LogP contribution >= 0.6 is 11.6 Å². The summed E-state index contributed by atoms with van der Waals surface area (Å²) in [4.78, 5) is 25.7. The number of rotatable bonds is 5. The van der Waals surface area contributed by atoms with Crippen LogP contribution in [0, 0.1) is 5.92 Å². The van der Waals surface area contributed by atoms with Crippen LogP contribution < -0.4 is 10.1 Å². The van der Waals surface area contributed by atoms with E-state index in [1.54, 1.807) is 29.2 Å². The smallest absolute Gasteiger partial charge is 0.407 e. The first kappa shape index (κ1) is 23.0. The second-order valence-corrected chi connectivity index (χ2v) is 7.56. The van der Waals surface area contributed by atoms with E-state index in [-0.39, 0.29) is 18.4 Å². The molecule has 1 saturated heterocycles. The Morgan fingerprint density at radius 1 is 1.26 bits per heavy atom. The standard InChI is InChI=1S/C18H25ClN2O4.CH4O/c1-18(2,3)25-17(23)20-10-13-8-9-21(11-13)16(22)12-24-15-6-4-14(19)5-7-15;1-2/h4-7,13H,8-12H2,1-3H3,(H,20,23);2H,1H3. The maximum Gasteiger partial charge on any atom is 0.407 e. The van der Waals surface area contributed by atoms with Gasteiger partial charge in [0.05, 0.1) is 0 Å². The van der Waals surface area contributed by atoms with Crippen LogP contribution in [-0.2, 0) is 9.53 Å². The second-order valence-electron chi connectivity index (χ2n) is 7.12. The Morgan fingerprint density at radius 3 is 2.48 bits per heavy atom. The molecule has 152 valence electrons. The van der Waals surface area contributed by atoms with Crippen molar-refractivity contribution in [3.05, 3.63) is 29.3 Å². The van der Waals surface area contributed by atoms with Gasteiger partial charge in [-0.3, -0.25) is 4.79 Å². The highest BCUT2D eigenvalue weighted by molar-refractivity contribution is 6.30. The summed E-state index contributed by atoms with van der Waals surface area (Å²) in [5.41, 5.74) is -0.513. The molecule has 1 aromatic carbocycles. The molecule has 7 nitrogen and oxygen atoms in total. The summed E-state index contributed by atoms with van der Waals surface area (Å²) >= 11 is 5.81. The van der Waals surface area contributed by atoms with Crippen molar-refractivity contribution >= 4 is 23.6 Å². The Hall–Kier alpha value is -1.99. The molecule has 1 heterocycles. The summed E-state index contributed by atoms with van der Waals surface area (Å²) in [5.74, 6) is 0.779. The van der Waals surface area contributed by atoms with Gasteiger partial charge in [-0.05, 0) is 57.4 Å². The van der Waals surface area contributed by atoms with Gasteiger partial charge in [-0.1, -0.05) is 11.6 Å². The maximum atomic E-state index is 12.2. The number of likely N-dealkylation sites (tertiary alicyclic amines) is 1. The predicted molar refractivity (Wildman–Crippen MR) is 104 cm³/mol. The van der Waals surface area contributed by atoms with E-state index in [4.69, 9.17) is 26.2 Å². The van der Waals surface area contributed by atoms with Crippen molar-refractivity contribution in [1.82, 2.24) is 10.2 Å². The fourth-order valence-corrected chi connectivity index (χ4v) is 2.66. The molecule has 0 aliphatic carbocycles. The van der Waals surface area contributed by atoms with Crippen molar-refractivity contribution < 1.29 is 24.2 Å². The van der Waals surface area contributed by atoms with Gasteiger partial charge in [-0.2, -0.15) is 0 Å². The van der Waals surface area contributed by atoms with E-state index in [0.717, 1.165) is 13.5 Å². The highest BCUT2D eigenvalue weighted by Crippen LogP contribution is 2.18. The molecular formula is C19H29ClN2O5. The molecular weight excluding hydrogens is 372 g/mol. The van der Waals surface area contributed by atoms with Crippen LogP contribution in [0.15, 0.2) is 24.3 Å². The van der Waals surface area contributed by atoms with E-state index < -0.39 is 11.7 Å². The number of aliphatic hydroxyl groups excluding tert-OH is 1. The zero-order chi connectivity index (χ0) is 20.4. The molecule has 1 aliphatic rings. The average molecular weight is 401 g/mol. The molecule has 0 radical (unpaired) electrons. The number of ether oxygens (including phenoxy) is 2. The van der Waals surface area contributed by atoms with E-state index in [2.05, 4.69) is 5.32 Å². The first-order valence-electron chi connectivity index (χ1n) is 8.80. The summed E-state index contributed by atoms with van der Waals surface area (Å²) in [6.45, 7) is 7.24. The lowest BCUT2D eigenvalue weighted by Crippen LogP contribution is -2.37. The number of aliphatic hydroxyl groups is 1. The SMILES string of the molecule is CC(C)(C)OC(=O)NCC1CCN(C(=O)COc2ccc(Cl)cc2)C1.CO. The zero-order valence-electron chi connectivity index (χ0n) is 16.3. The van der Waals surface area contributed by atoms with Crippen LogP contribution in [-0.4, -0.2) is 61.0 Å². The monoisotopic (exact) mass is 400 g/mol. The van der Waals surface area contributed by atoms with E-state index in [1.165, 1.54) is 0 Å². The van der Waals surface area contributed by atoms with Crippen molar-refractivity contribution in [3.63, 3.8) is 0 Å². The van der Waals surface area contributed by atoms with Crippen LogP contribution in [0.3, 0.4) is 0 Å². The quantitative estimate of drug-likeness (QED) is 0.793. The largest absolute Gasteiger partial charge is 0.484 e. The number of benzene rings is 1. The number of carbonyl (C=O) groups is 2. The average Bonchev–Trinajstić information content (AvgIpc) is 3.09. The molecule has 0 saturated carbocycles. The Bertz CT molecular complexity index is 601. The molecule has 8 heteroatoms. The van der Waals surface area contributed by atoms with E-state index in [1.807, 2.05) is 20.8 Å². The summed E-state index contributed by atoms with van der Waals surface area (Å²) < 4.78 is 10.7. The molecule has 1 aliphatic heterocycles. The zero-order valence-corrected chi connectivity index (χ0v) is 17.1. The van der Waals surface area contributed by atoms with E-state index >= 15 is 0 Å². The van der Waals surface area contributed by atoms with Gasteiger partial charge >= 0.3 is 6.09 Å². The number of hydrogen-bond donors (Lipinski definition) is 2. The van der Waals surface area contributed by atoms with E-state index in [9.17, 15) is 9.59 Å². The van der Waals surface area contributed by atoms with Gasteiger partial charge in [0, 0.05) is 31.8 Å². The lowest BCUT2D eigenvalue weighted by atomic mass is 10.1. The third-order valence-electron chi connectivity index (χ3n) is 3.75. The van der Waals surface area contributed by atoms with Gasteiger partial charge in [-0.15, -0.1) is 0 Å². The Balaban J connectivity index is 0.00000176. The third kappa shape index (κ3) is 8.97. The first-order chi connectivity index (χ1) is 12.7.